The second-order valence-electron chi connectivity index (χ2n) is 6.37. The Kier molecular flexibility index (Phi) is 6.78. The van der Waals surface area contributed by atoms with E-state index in [4.69, 9.17) is 51.1 Å². The van der Waals surface area contributed by atoms with Crippen molar-refractivity contribution < 1.29 is 9.53 Å². The molecule has 0 N–H and O–H groups in total. The Morgan fingerprint density at radius 2 is 1.83 bits per heavy atom. The van der Waals surface area contributed by atoms with Crippen molar-refractivity contribution in [3.05, 3.63) is 72.2 Å². The summed E-state index contributed by atoms with van der Waals surface area (Å²) in [5.41, 5.74) is 1.50. The van der Waals surface area contributed by atoms with Crippen LogP contribution in [0, 0.1) is 6.92 Å². The zero-order valence-electron chi connectivity index (χ0n) is 16.2. The minimum atomic E-state index is -0.783. The highest BCUT2D eigenvalue weighted by Crippen LogP contribution is 2.35. The Morgan fingerprint density at radius 3 is 2.40 bits per heavy atom. The highest BCUT2D eigenvalue weighted by Gasteiger charge is 2.27. The number of rotatable bonds is 4. The van der Waals surface area contributed by atoms with E-state index in [2.05, 4.69) is 4.98 Å². The van der Waals surface area contributed by atoms with Crippen molar-refractivity contribution in [1.29, 1.82) is 0 Å². The minimum absolute atomic E-state index is 0.117. The summed E-state index contributed by atoms with van der Waals surface area (Å²) in [5, 5.41) is 1.04. The molecule has 2 aromatic heterocycles. The SMILES string of the molecule is CCn1c(C)c(-c2ccc(Cl)cc2Cl)c(=O)c(C(=O)OC)c1-c1cnc(Cl)c(Cl)c1. The number of hydrogen-bond acceptors (Lipinski definition) is 4. The first kappa shape index (κ1) is 22.6. The molecule has 2 heterocycles. The van der Waals surface area contributed by atoms with Gasteiger partial charge in [0, 0.05) is 34.6 Å². The lowest BCUT2D eigenvalue weighted by Gasteiger charge is -2.22. The Balaban J connectivity index is 2.49. The second kappa shape index (κ2) is 8.98. The maximum absolute atomic E-state index is 13.6. The molecule has 0 fully saturated rings. The lowest BCUT2D eigenvalue weighted by Crippen LogP contribution is -2.26. The fourth-order valence-corrected chi connectivity index (χ4v) is 4.15. The average Bonchev–Trinajstić information content (AvgIpc) is 2.70. The summed E-state index contributed by atoms with van der Waals surface area (Å²) >= 11 is 24.5. The summed E-state index contributed by atoms with van der Waals surface area (Å²) in [6, 6.07) is 6.38. The van der Waals surface area contributed by atoms with Gasteiger partial charge in [0.05, 0.1) is 28.4 Å². The predicted molar refractivity (Wildman–Crippen MR) is 121 cm³/mol. The molecule has 156 valence electrons. The highest BCUT2D eigenvalue weighted by atomic mass is 35.5. The van der Waals surface area contributed by atoms with E-state index in [9.17, 15) is 9.59 Å². The summed E-state index contributed by atoms with van der Waals surface area (Å²) in [4.78, 5) is 30.3. The molecule has 0 amide bonds. The van der Waals surface area contributed by atoms with Crippen LogP contribution in [-0.4, -0.2) is 22.6 Å². The Labute approximate surface area is 193 Å². The van der Waals surface area contributed by atoms with Crippen molar-refractivity contribution in [3.63, 3.8) is 0 Å². The minimum Gasteiger partial charge on any atom is -0.465 e. The van der Waals surface area contributed by atoms with E-state index < -0.39 is 11.4 Å². The number of hydrogen-bond donors (Lipinski definition) is 0. The molecule has 0 aliphatic heterocycles. The van der Waals surface area contributed by atoms with Crippen LogP contribution >= 0.6 is 46.4 Å². The average molecular weight is 486 g/mol. The molecule has 0 saturated carbocycles. The quantitative estimate of drug-likeness (QED) is 0.321. The summed E-state index contributed by atoms with van der Waals surface area (Å²) in [6.45, 7) is 4.12. The molecule has 3 aromatic rings. The summed E-state index contributed by atoms with van der Waals surface area (Å²) < 4.78 is 6.74. The van der Waals surface area contributed by atoms with E-state index in [0.29, 0.717) is 39.1 Å². The Morgan fingerprint density at radius 1 is 1.13 bits per heavy atom. The molecule has 30 heavy (non-hydrogen) atoms. The van der Waals surface area contributed by atoms with Crippen molar-refractivity contribution in [2.75, 3.05) is 7.11 Å². The summed E-state index contributed by atoms with van der Waals surface area (Å²) in [5.74, 6) is -0.783. The number of aromatic nitrogens is 2. The van der Waals surface area contributed by atoms with Crippen LogP contribution in [0.15, 0.2) is 35.3 Å². The van der Waals surface area contributed by atoms with Crippen LogP contribution < -0.4 is 5.43 Å². The maximum Gasteiger partial charge on any atom is 0.344 e. The second-order valence-corrected chi connectivity index (χ2v) is 7.98. The van der Waals surface area contributed by atoms with Crippen LogP contribution in [0.5, 0.6) is 0 Å². The monoisotopic (exact) mass is 484 g/mol. The van der Waals surface area contributed by atoms with Gasteiger partial charge >= 0.3 is 5.97 Å². The van der Waals surface area contributed by atoms with Gasteiger partial charge in [0.1, 0.15) is 10.7 Å². The molecule has 0 bridgehead atoms. The third kappa shape index (κ3) is 3.95. The van der Waals surface area contributed by atoms with Gasteiger partial charge in [-0.2, -0.15) is 0 Å². The number of carbonyl (C=O) groups is 1. The number of nitrogens with zero attached hydrogens (tertiary/aromatic N) is 2. The number of esters is 1. The zero-order chi connectivity index (χ0) is 22.2. The lowest BCUT2D eigenvalue weighted by atomic mass is 9.96. The van der Waals surface area contributed by atoms with E-state index >= 15 is 0 Å². The van der Waals surface area contributed by atoms with Crippen molar-refractivity contribution in [2.24, 2.45) is 0 Å². The van der Waals surface area contributed by atoms with Crippen molar-refractivity contribution in [2.45, 2.75) is 20.4 Å². The molecular formula is C21H16Cl4N2O3. The lowest BCUT2D eigenvalue weighted by molar-refractivity contribution is 0.0599. The molecule has 1 aromatic carbocycles. The third-order valence-corrected chi connectivity index (χ3v) is 5.94. The number of pyridine rings is 2. The van der Waals surface area contributed by atoms with E-state index in [1.165, 1.54) is 13.3 Å². The molecule has 0 aliphatic rings. The number of carbonyl (C=O) groups excluding carboxylic acids is 1. The highest BCUT2D eigenvalue weighted by molar-refractivity contribution is 6.41. The van der Waals surface area contributed by atoms with E-state index in [0.717, 1.165) is 0 Å². The number of halogens is 4. The van der Waals surface area contributed by atoms with Gasteiger partial charge in [-0.25, -0.2) is 9.78 Å². The van der Waals surface area contributed by atoms with Crippen LogP contribution in [0.2, 0.25) is 20.2 Å². The van der Waals surface area contributed by atoms with Crippen LogP contribution in [-0.2, 0) is 11.3 Å². The maximum atomic E-state index is 13.6. The van der Waals surface area contributed by atoms with Crippen molar-refractivity contribution >= 4 is 52.4 Å². The smallest absolute Gasteiger partial charge is 0.344 e. The largest absolute Gasteiger partial charge is 0.465 e. The molecule has 3 rings (SSSR count). The molecule has 0 unspecified atom stereocenters. The van der Waals surface area contributed by atoms with Gasteiger partial charge in [-0.05, 0) is 32.0 Å². The van der Waals surface area contributed by atoms with Gasteiger partial charge in [0.2, 0.25) is 5.43 Å². The van der Waals surface area contributed by atoms with Crippen molar-refractivity contribution in [1.82, 2.24) is 9.55 Å². The Hall–Kier alpha value is -2.05. The van der Waals surface area contributed by atoms with Crippen LogP contribution in [0.3, 0.4) is 0 Å². The zero-order valence-corrected chi connectivity index (χ0v) is 19.2. The molecule has 9 heteroatoms. The number of benzene rings is 1. The van der Waals surface area contributed by atoms with Gasteiger partial charge in [0.15, 0.2) is 0 Å². The molecule has 0 aliphatic carbocycles. The van der Waals surface area contributed by atoms with E-state index in [1.807, 2.05) is 11.5 Å². The van der Waals surface area contributed by atoms with E-state index in [-0.39, 0.29) is 21.3 Å². The van der Waals surface area contributed by atoms with Gasteiger partial charge in [0.25, 0.3) is 0 Å². The van der Waals surface area contributed by atoms with Crippen molar-refractivity contribution in [3.8, 4) is 22.4 Å². The van der Waals surface area contributed by atoms with Gasteiger partial charge in [-0.3, -0.25) is 4.79 Å². The Bertz CT molecular complexity index is 1220. The van der Waals surface area contributed by atoms with Crippen LogP contribution in [0.25, 0.3) is 22.4 Å². The molecule has 5 nitrogen and oxygen atoms in total. The first-order valence-electron chi connectivity index (χ1n) is 8.83. The van der Waals surface area contributed by atoms with Gasteiger partial charge in [-0.1, -0.05) is 52.5 Å². The third-order valence-electron chi connectivity index (χ3n) is 4.70. The molecule has 0 radical (unpaired) electrons. The first-order valence-corrected chi connectivity index (χ1v) is 10.3. The summed E-state index contributed by atoms with van der Waals surface area (Å²) in [6.07, 6.45) is 1.45. The molecule has 0 saturated heterocycles. The topological polar surface area (TPSA) is 61.2 Å². The van der Waals surface area contributed by atoms with Crippen LogP contribution in [0.4, 0.5) is 0 Å². The standard InChI is InChI=1S/C21H16Cl4N2O3/c1-4-27-10(2)16(13-6-5-12(22)8-14(13)23)19(28)17(21(29)30-3)18(27)11-7-15(24)20(25)26-9-11/h5-9H,4H2,1-3H3. The fraction of sp³-hybridized carbons (Fsp3) is 0.190. The molecule has 0 atom stereocenters. The van der Waals surface area contributed by atoms with Gasteiger partial charge in [-0.15, -0.1) is 0 Å². The summed E-state index contributed by atoms with van der Waals surface area (Å²) in [7, 11) is 1.21. The van der Waals surface area contributed by atoms with Crippen LogP contribution in [0.1, 0.15) is 23.0 Å². The molecular weight excluding hydrogens is 470 g/mol. The first-order chi connectivity index (χ1) is 14.2. The fourth-order valence-electron chi connectivity index (χ4n) is 3.38. The van der Waals surface area contributed by atoms with E-state index in [1.54, 1.807) is 31.2 Å². The predicted octanol–water partition coefficient (Wildman–Crippen LogP) is 6.31. The number of ether oxygens (including phenoxy) is 1. The number of methoxy groups -OCH3 is 1. The molecule has 0 spiro atoms. The normalized spacial score (nSPS) is 10.9. The van der Waals surface area contributed by atoms with Gasteiger partial charge < -0.3 is 9.30 Å².